The minimum atomic E-state index is -0.106. The van der Waals surface area contributed by atoms with Gasteiger partial charge in [-0.3, -0.25) is 4.79 Å². The molecule has 0 spiro atoms. The SMILES string of the molecule is CN(C)c1nc(N[C@H]2CC[C@@H](NC(=O)Cc3c(Cl)ccc(Cl)c3Cl)CC2)nc2ccccc12. The summed E-state index contributed by atoms with van der Waals surface area (Å²) in [6.45, 7) is 0. The Bertz CT molecular complexity index is 1160. The van der Waals surface area contributed by atoms with Crippen molar-refractivity contribution in [2.45, 2.75) is 44.2 Å². The first-order valence-corrected chi connectivity index (χ1v) is 12.1. The van der Waals surface area contributed by atoms with Gasteiger partial charge in [0, 0.05) is 42.2 Å². The molecule has 174 valence electrons. The van der Waals surface area contributed by atoms with Crippen LogP contribution < -0.4 is 15.5 Å². The van der Waals surface area contributed by atoms with Crippen LogP contribution in [0.15, 0.2) is 36.4 Å². The van der Waals surface area contributed by atoms with E-state index in [2.05, 4.69) is 10.6 Å². The van der Waals surface area contributed by atoms with Gasteiger partial charge in [-0.15, -0.1) is 0 Å². The third-order valence-electron chi connectivity index (χ3n) is 5.91. The van der Waals surface area contributed by atoms with E-state index in [1.807, 2.05) is 43.3 Å². The highest BCUT2D eigenvalue weighted by Gasteiger charge is 2.24. The molecule has 1 amide bonds. The summed E-state index contributed by atoms with van der Waals surface area (Å²) in [4.78, 5) is 24.0. The van der Waals surface area contributed by atoms with Gasteiger partial charge in [-0.25, -0.2) is 4.98 Å². The van der Waals surface area contributed by atoms with Gasteiger partial charge in [0.1, 0.15) is 5.82 Å². The third kappa shape index (κ3) is 5.62. The molecular weight excluding hydrogens is 481 g/mol. The van der Waals surface area contributed by atoms with Crippen LogP contribution in [0.3, 0.4) is 0 Å². The summed E-state index contributed by atoms with van der Waals surface area (Å²) in [6, 6.07) is 11.7. The fourth-order valence-corrected chi connectivity index (χ4v) is 4.88. The van der Waals surface area contributed by atoms with E-state index < -0.39 is 0 Å². The van der Waals surface area contributed by atoms with Crippen LogP contribution >= 0.6 is 34.8 Å². The molecule has 6 nitrogen and oxygen atoms in total. The Labute approximate surface area is 208 Å². The summed E-state index contributed by atoms with van der Waals surface area (Å²) < 4.78 is 0. The number of nitrogens with one attached hydrogen (secondary N) is 2. The van der Waals surface area contributed by atoms with E-state index in [4.69, 9.17) is 44.8 Å². The van der Waals surface area contributed by atoms with Crippen LogP contribution in [0, 0.1) is 0 Å². The van der Waals surface area contributed by atoms with E-state index in [0.717, 1.165) is 42.4 Å². The highest BCUT2D eigenvalue weighted by atomic mass is 35.5. The van der Waals surface area contributed by atoms with Crippen LogP contribution in [0.2, 0.25) is 15.1 Å². The van der Waals surface area contributed by atoms with Crippen LogP contribution in [0.25, 0.3) is 10.9 Å². The van der Waals surface area contributed by atoms with Crippen molar-refractivity contribution >= 4 is 63.4 Å². The number of aromatic nitrogens is 2. The zero-order valence-corrected chi connectivity index (χ0v) is 20.8. The van der Waals surface area contributed by atoms with Gasteiger partial charge >= 0.3 is 0 Å². The maximum absolute atomic E-state index is 12.6. The predicted molar refractivity (Wildman–Crippen MR) is 137 cm³/mol. The van der Waals surface area contributed by atoms with Crippen LogP contribution in [-0.2, 0) is 11.2 Å². The Morgan fingerprint density at radius 2 is 1.64 bits per heavy atom. The van der Waals surface area contributed by atoms with Crippen molar-refractivity contribution in [1.82, 2.24) is 15.3 Å². The van der Waals surface area contributed by atoms with Gasteiger partial charge in [0.05, 0.1) is 22.0 Å². The smallest absolute Gasteiger partial charge is 0.225 e. The number of rotatable bonds is 6. The van der Waals surface area contributed by atoms with Crippen LogP contribution in [-0.4, -0.2) is 42.1 Å². The molecule has 1 aliphatic carbocycles. The summed E-state index contributed by atoms with van der Waals surface area (Å²) in [6.07, 6.45) is 3.67. The Balaban J connectivity index is 1.34. The molecule has 0 saturated heterocycles. The van der Waals surface area contributed by atoms with E-state index >= 15 is 0 Å². The Hall–Kier alpha value is -2.28. The van der Waals surface area contributed by atoms with Crippen molar-refractivity contribution in [3.8, 4) is 0 Å². The number of hydrogen-bond donors (Lipinski definition) is 2. The molecule has 4 rings (SSSR count). The van der Waals surface area contributed by atoms with E-state index in [1.165, 1.54) is 0 Å². The number of para-hydroxylation sites is 1. The van der Waals surface area contributed by atoms with E-state index in [-0.39, 0.29) is 24.4 Å². The minimum absolute atomic E-state index is 0.106. The van der Waals surface area contributed by atoms with Crippen molar-refractivity contribution in [2.75, 3.05) is 24.3 Å². The molecule has 0 radical (unpaired) electrons. The average Bonchev–Trinajstić information content (AvgIpc) is 2.80. The van der Waals surface area contributed by atoms with Crippen molar-refractivity contribution in [2.24, 2.45) is 0 Å². The number of carbonyl (C=O) groups excluding carboxylic acids is 1. The maximum atomic E-state index is 12.6. The van der Waals surface area contributed by atoms with Crippen LogP contribution in [0.4, 0.5) is 11.8 Å². The molecule has 2 N–H and O–H groups in total. The lowest BCUT2D eigenvalue weighted by molar-refractivity contribution is -0.121. The zero-order chi connectivity index (χ0) is 23.5. The normalized spacial score (nSPS) is 18.2. The number of benzene rings is 2. The second kappa shape index (κ2) is 10.3. The van der Waals surface area contributed by atoms with Gasteiger partial charge in [-0.1, -0.05) is 46.9 Å². The molecule has 9 heteroatoms. The second-order valence-corrected chi connectivity index (χ2v) is 9.73. The first-order chi connectivity index (χ1) is 15.8. The van der Waals surface area contributed by atoms with Gasteiger partial charge in [0.15, 0.2) is 0 Å². The highest BCUT2D eigenvalue weighted by molar-refractivity contribution is 6.44. The first kappa shape index (κ1) is 23.9. The number of anilines is 2. The van der Waals surface area contributed by atoms with Crippen molar-refractivity contribution in [3.05, 3.63) is 57.0 Å². The summed E-state index contributed by atoms with van der Waals surface area (Å²) in [5, 5.41) is 8.80. The molecule has 1 saturated carbocycles. The Morgan fingerprint density at radius 1 is 0.970 bits per heavy atom. The molecule has 1 fully saturated rings. The fourth-order valence-electron chi connectivity index (χ4n) is 4.20. The molecule has 1 aliphatic rings. The average molecular weight is 507 g/mol. The maximum Gasteiger partial charge on any atom is 0.225 e. The molecule has 0 bridgehead atoms. The molecule has 33 heavy (non-hydrogen) atoms. The molecule has 2 aromatic carbocycles. The number of nitrogens with zero attached hydrogens (tertiary/aromatic N) is 3. The quantitative estimate of drug-likeness (QED) is 0.417. The summed E-state index contributed by atoms with van der Waals surface area (Å²) in [5.74, 6) is 1.42. The van der Waals surface area contributed by atoms with Crippen molar-refractivity contribution < 1.29 is 4.79 Å². The molecule has 0 atom stereocenters. The zero-order valence-electron chi connectivity index (χ0n) is 18.5. The van der Waals surface area contributed by atoms with Gasteiger partial charge in [-0.05, 0) is 49.9 Å². The number of fused-ring (bicyclic) bond motifs is 1. The predicted octanol–water partition coefficient (Wildman–Crippen LogP) is 5.74. The topological polar surface area (TPSA) is 70.2 Å². The largest absolute Gasteiger partial charge is 0.362 e. The standard InChI is InChI=1S/C24H26Cl3N5O/c1-32(2)23-16-5-3-4-6-20(16)30-24(31-23)29-15-9-7-14(8-10-15)28-21(33)13-17-18(25)11-12-19(26)22(17)27/h3-6,11-12,14-15H,7-10,13H2,1-2H3,(H,28,33)(H,29,30,31)/t14-,15+. The first-order valence-electron chi connectivity index (χ1n) is 10.9. The van der Waals surface area contributed by atoms with Gasteiger partial charge in [0.2, 0.25) is 11.9 Å². The Morgan fingerprint density at radius 3 is 2.36 bits per heavy atom. The number of halogens is 3. The van der Waals surface area contributed by atoms with Gasteiger partial charge in [0.25, 0.3) is 0 Å². The Kier molecular flexibility index (Phi) is 7.47. The lowest BCUT2D eigenvalue weighted by atomic mass is 9.91. The van der Waals surface area contributed by atoms with E-state index in [0.29, 0.717) is 26.6 Å². The molecule has 1 aromatic heterocycles. The van der Waals surface area contributed by atoms with Crippen LogP contribution in [0.5, 0.6) is 0 Å². The molecule has 0 aliphatic heterocycles. The number of amides is 1. The molecule has 1 heterocycles. The lowest BCUT2D eigenvalue weighted by Crippen LogP contribution is -2.41. The van der Waals surface area contributed by atoms with Gasteiger partial charge in [-0.2, -0.15) is 4.98 Å². The fraction of sp³-hybridized carbons (Fsp3) is 0.375. The summed E-state index contributed by atoms with van der Waals surface area (Å²) >= 11 is 18.5. The summed E-state index contributed by atoms with van der Waals surface area (Å²) in [7, 11) is 3.96. The third-order valence-corrected chi connectivity index (χ3v) is 7.11. The van der Waals surface area contributed by atoms with Crippen molar-refractivity contribution in [3.63, 3.8) is 0 Å². The van der Waals surface area contributed by atoms with E-state index in [9.17, 15) is 4.79 Å². The monoisotopic (exact) mass is 505 g/mol. The number of hydrogen-bond acceptors (Lipinski definition) is 5. The van der Waals surface area contributed by atoms with E-state index in [1.54, 1.807) is 12.1 Å². The molecular formula is C24H26Cl3N5O. The highest BCUT2D eigenvalue weighted by Crippen LogP contribution is 2.32. The second-order valence-electron chi connectivity index (χ2n) is 8.54. The van der Waals surface area contributed by atoms with Gasteiger partial charge < -0.3 is 15.5 Å². The molecule has 0 unspecified atom stereocenters. The minimum Gasteiger partial charge on any atom is -0.362 e. The van der Waals surface area contributed by atoms with Crippen LogP contribution in [0.1, 0.15) is 31.2 Å². The van der Waals surface area contributed by atoms with Crippen molar-refractivity contribution in [1.29, 1.82) is 0 Å². The molecule has 3 aromatic rings. The lowest BCUT2D eigenvalue weighted by Gasteiger charge is -2.30. The number of carbonyl (C=O) groups is 1. The summed E-state index contributed by atoms with van der Waals surface area (Å²) in [5.41, 5.74) is 1.47.